The molecular formula is C18H21Br2F. The molecule has 0 amide bonds. The van der Waals surface area contributed by atoms with Crippen LogP contribution in [0.1, 0.15) is 55.3 Å². The second-order valence-electron chi connectivity index (χ2n) is 7.76. The van der Waals surface area contributed by atoms with E-state index in [-0.39, 0.29) is 5.82 Å². The van der Waals surface area contributed by atoms with Gasteiger partial charge in [-0.15, -0.1) is 0 Å². The van der Waals surface area contributed by atoms with Crippen molar-refractivity contribution in [2.45, 2.75) is 49.8 Å². The summed E-state index contributed by atoms with van der Waals surface area (Å²) < 4.78 is 14.0. The van der Waals surface area contributed by atoms with Gasteiger partial charge >= 0.3 is 0 Å². The molecule has 21 heavy (non-hydrogen) atoms. The van der Waals surface area contributed by atoms with Gasteiger partial charge in [-0.05, 0) is 102 Å². The average Bonchev–Trinajstić information content (AvgIpc) is 2.39. The summed E-state index contributed by atoms with van der Waals surface area (Å²) in [6, 6.07) is 5.45. The zero-order chi connectivity index (χ0) is 14.6. The molecule has 0 nitrogen and oxygen atoms in total. The molecule has 0 heterocycles. The van der Waals surface area contributed by atoms with E-state index in [9.17, 15) is 4.39 Å². The van der Waals surface area contributed by atoms with Crippen molar-refractivity contribution in [3.8, 4) is 0 Å². The first-order valence-electron chi connectivity index (χ1n) is 8.12. The molecule has 0 spiro atoms. The first kappa shape index (κ1) is 14.7. The summed E-state index contributed by atoms with van der Waals surface area (Å²) in [4.78, 5) is 0.352. The fourth-order valence-corrected chi connectivity index (χ4v) is 7.11. The van der Waals surface area contributed by atoms with Gasteiger partial charge in [-0.1, -0.05) is 22.0 Å². The predicted octanol–water partition coefficient (Wildman–Crippen LogP) is 6.63. The average molecular weight is 416 g/mol. The van der Waals surface area contributed by atoms with E-state index in [1.807, 2.05) is 12.1 Å². The number of benzene rings is 1. The van der Waals surface area contributed by atoms with Crippen LogP contribution >= 0.6 is 31.9 Å². The zero-order valence-corrected chi connectivity index (χ0v) is 15.3. The molecule has 4 saturated carbocycles. The van der Waals surface area contributed by atoms with Crippen molar-refractivity contribution in [3.63, 3.8) is 0 Å². The molecule has 0 saturated heterocycles. The van der Waals surface area contributed by atoms with Crippen molar-refractivity contribution < 1.29 is 4.39 Å². The molecule has 114 valence electrons. The van der Waals surface area contributed by atoms with E-state index in [0.717, 1.165) is 17.8 Å². The Kier molecular flexibility index (Phi) is 3.73. The number of alkyl halides is 1. The summed E-state index contributed by atoms with van der Waals surface area (Å²) in [5.41, 5.74) is 1.77. The van der Waals surface area contributed by atoms with Crippen molar-refractivity contribution in [2.75, 3.05) is 0 Å². The molecule has 1 aromatic rings. The van der Waals surface area contributed by atoms with Crippen molar-refractivity contribution in [1.82, 2.24) is 0 Å². The number of hydrogen-bond donors (Lipinski definition) is 0. The van der Waals surface area contributed by atoms with Gasteiger partial charge in [-0.2, -0.15) is 0 Å². The van der Waals surface area contributed by atoms with E-state index < -0.39 is 0 Å². The molecule has 0 aliphatic heterocycles. The summed E-state index contributed by atoms with van der Waals surface area (Å²) in [6.07, 6.45) is 10.0. The SMILES string of the molecule is Fc1ccc(C(Br)CC23CC4CC(CC(C4)C2)C3)cc1Br. The van der Waals surface area contributed by atoms with E-state index in [0.29, 0.717) is 14.7 Å². The molecular weight excluding hydrogens is 395 g/mol. The first-order chi connectivity index (χ1) is 10.0. The van der Waals surface area contributed by atoms with Crippen LogP contribution in [0, 0.1) is 29.0 Å². The molecule has 0 N–H and O–H groups in total. The van der Waals surface area contributed by atoms with E-state index in [1.54, 1.807) is 6.07 Å². The normalized spacial score (nSPS) is 38.7. The van der Waals surface area contributed by atoms with E-state index >= 15 is 0 Å². The van der Waals surface area contributed by atoms with Gasteiger partial charge in [0.05, 0.1) is 4.47 Å². The van der Waals surface area contributed by atoms with Gasteiger partial charge in [0, 0.05) is 4.83 Å². The van der Waals surface area contributed by atoms with Gasteiger partial charge in [0.1, 0.15) is 5.82 Å². The van der Waals surface area contributed by atoms with E-state index in [1.165, 1.54) is 50.5 Å². The van der Waals surface area contributed by atoms with E-state index in [2.05, 4.69) is 31.9 Å². The fourth-order valence-electron chi connectivity index (χ4n) is 5.75. The Labute approximate surface area is 143 Å². The molecule has 0 radical (unpaired) electrons. The lowest BCUT2D eigenvalue weighted by atomic mass is 9.48. The Morgan fingerprint density at radius 2 is 1.67 bits per heavy atom. The number of rotatable bonds is 3. The number of halogens is 3. The maximum Gasteiger partial charge on any atom is 0.137 e. The largest absolute Gasteiger partial charge is 0.206 e. The Balaban J connectivity index is 1.53. The van der Waals surface area contributed by atoms with Crippen molar-refractivity contribution in [2.24, 2.45) is 23.2 Å². The Morgan fingerprint density at radius 3 is 2.19 bits per heavy atom. The van der Waals surface area contributed by atoms with Crippen molar-refractivity contribution in [3.05, 3.63) is 34.1 Å². The molecule has 4 aliphatic rings. The highest BCUT2D eigenvalue weighted by Gasteiger charge is 2.51. The van der Waals surface area contributed by atoms with Crippen LogP contribution in [0.4, 0.5) is 4.39 Å². The molecule has 1 atom stereocenters. The third-order valence-electron chi connectivity index (χ3n) is 6.08. The predicted molar refractivity (Wildman–Crippen MR) is 91.0 cm³/mol. The Morgan fingerprint density at radius 1 is 1.10 bits per heavy atom. The van der Waals surface area contributed by atoms with Crippen LogP contribution in [-0.2, 0) is 0 Å². The highest BCUT2D eigenvalue weighted by atomic mass is 79.9. The monoisotopic (exact) mass is 414 g/mol. The third-order valence-corrected chi connectivity index (χ3v) is 7.54. The highest BCUT2D eigenvalue weighted by molar-refractivity contribution is 9.10. The quantitative estimate of drug-likeness (QED) is 0.486. The molecule has 1 aromatic carbocycles. The minimum Gasteiger partial charge on any atom is -0.206 e. The second-order valence-corrected chi connectivity index (χ2v) is 9.72. The number of hydrogen-bond acceptors (Lipinski definition) is 0. The molecule has 1 unspecified atom stereocenters. The van der Waals surface area contributed by atoms with Crippen molar-refractivity contribution >= 4 is 31.9 Å². The van der Waals surface area contributed by atoms with Gasteiger partial charge in [-0.25, -0.2) is 4.39 Å². The van der Waals surface area contributed by atoms with Crippen LogP contribution in [-0.4, -0.2) is 0 Å². The van der Waals surface area contributed by atoms with Crippen LogP contribution in [0.5, 0.6) is 0 Å². The summed E-state index contributed by atoms with van der Waals surface area (Å²) in [6.45, 7) is 0. The molecule has 4 fully saturated rings. The lowest BCUT2D eigenvalue weighted by Gasteiger charge is -2.57. The lowest BCUT2D eigenvalue weighted by Crippen LogP contribution is -2.46. The van der Waals surface area contributed by atoms with Crippen LogP contribution < -0.4 is 0 Å². The van der Waals surface area contributed by atoms with Gasteiger partial charge in [0.25, 0.3) is 0 Å². The maximum absolute atomic E-state index is 13.4. The van der Waals surface area contributed by atoms with Crippen LogP contribution in [0.2, 0.25) is 0 Å². The topological polar surface area (TPSA) is 0 Å². The van der Waals surface area contributed by atoms with Gasteiger partial charge in [0.2, 0.25) is 0 Å². The Hall–Kier alpha value is 0.110. The minimum absolute atomic E-state index is 0.173. The second kappa shape index (κ2) is 5.33. The lowest BCUT2D eigenvalue weighted by molar-refractivity contribution is -0.0571. The van der Waals surface area contributed by atoms with Crippen LogP contribution in [0.3, 0.4) is 0 Å². The summed E-state index contributed by atoms with van der Waals surface area (Å²) >= 11 is 7.20. The van der Waals surface area contributed by atoms with Crippen LogP contribution in [0.25, 0.3) is 0 Å². The first-order valence-corrected chi connectivity index (χ1v) is 9.83. The fraction of sp³-hybridized carbons (Fsp3) is 0.667. The smallest absolute Gasteiger partial charge is 0.137 e. The molecule has 3 heteroatoms. The van der Waals surface area contributed by atoms with Crippen LogP contribution in [0.15, 0.2) is 22.7 Å². The zero-order valence-electron chi connectivity index (χ0n) is 12.1. The summed E-state index contributed by atoms with van der Waals surface area (Å²) in [5, 5.41) is 0. The van der Waals surface area contributed by atoms with Gasteiger partial charge in [0.15, 0.2) is 0 Å². The summed E-state index contributed by atoms with van der Waals surface area (Å²) in [7, 11) is 0. The third kappa shape index (κ3) is 2.73. The van der Waals surface area contributed by atoms with Gasteiger partial charge in [-0.3, -0.25) is 0 Å². The molecule has 0 aromatic heterocycles. The standard InChI is InChI=1S/C18H21Br2F/c19-15-6-14(1-2-17(15)21)16(20)10-18-7-11-3-12(8-18)5-13(4-11)9-18/h1-2,6,11-13,16H,3-5,7-10H2. The molecule has 5 rings (SSSR count). The maximum atomic E-state index is 13.4. The van der Waals surface area contributed by atoms with E-state index in [4.69, 9.17) is 0 Å². The highest BCUT2D eigenvalue weighted by Crippen LogP contribution is 2.63. The van der Waals surface area contributed by atoms with Crippen molar-refractivity contribution in [1.29, 1.82) is 0 Å². The molecule has 4 bridgehead atoms. The molecule has 4 aliphatic carbocycles. The van der Waals surface area contributed by atoms with Gasteiger partial charge < -0.3 is 0 Å². The Bertz CT molecular complexity index is 519. The summed E-state index contributed by atoms with van der Waals surface area (Å²) in [5.74, 6) is 2.82. The minimum atomic E-state index is -0.173.